The lowest BCUT2D eigenvalue weighted by Gasteiger charge is -2.25. The summed E-state index contributed by atoms with van der Waals surface area (Å²) in [6.07, 6.45) is -3.44. The van der Waals surface area contributed by atoms with Crippen LogP contribution in [0.1, 0.15) is 23.1 Å². The number of nitrogens with one attached hydrogen (secondary N) is 1. The number of para-hydroxylation sites is 1. The molecular weight excluding hydrogens is 381 g/mol. The van der Waals surface area contributed by atoms with E-state index in [9.17, 15) is 26.4 Å². The molecule has 0 unspecified atom stereocenters. The minimum absolute atomic E-state index is 0.00841. The van der Waals surface area contributed by atoms with Gasteiger partial charge in [-0.1, -0.05) is 12.1 Å². The molecule has 0 saturated heterocycles. The number of hydrogen-bond acceptors (Lipinski definition) is 3. The minimum Gasteiger partial charge on any atom is -0.312 e. The zero-order valence-electron chi connectivity index (χ0n) is 14.0. The van der Waals surface area contributed by atoms with Crippen molar-refractivity contribution in [3.8, 4) is 0 Å². The average molecular weight is 396 g/mol. The molecule has 2 aromatic carbocycles. The molecule has 0 radical (unpaired) electrons. The highest BCUT2D eigenvalue weighted by molar-refractivity contribution is 7.92. The molecule has 0 spiro atoms. The van der Waals surface area contributed by atoms with Gasteiger partial charge in [-0.2, -0.15) is 13.2 Å². The van der Waals surface area contributed by atoms with E-state index >= 15 is 0 Å². The van der Waals surface area contributed by atoms with Crippen LogP contribution in [0.4, 0.5) is 24.5 Å². The molecule has 0 fully saturated rings. The second-order valence-electron chi connectivity index (χ2n) is 6.53. The maximum Gasteiger partial charge on any atom is 0.418 e. The summed E-state index contributed by atoms with van der Waals surface area (Å²) < 4.78 is 67.0. The van der Waals surface area contributed by atoms with Crippen LogP contribution in [0.15, 0.2) is 41.3 Å². The van der Waals surface area contributed by atoms with Crippen LogP contribution in [0.3, 0.4) is 0 Å². The summed E-state index contributed by atoms with van der Waals surface area (Å²) in [6, 6.07) is 7.33. The highest BCUT2D eigenvalue weighted by Crippen LogP contribution is 2.39. The zero-order valence-corrected chi connectivity index (χ0v) is 14.8. The van der Waals surface area contributed by atoms with Gasteiger partial charge in [0.1, 0.15) is 0 Å². The number of carbonyl (C=O) groups excluding carboxylic acids is 1. The molecule has 0 saturated carbocycles. The van der Waals surface area contributed by atoms with Gasteiger partial charge in [0.05, 0.1) is 21.8 Å². The lowest BCUT2D eigenvalue weighted by atomic mass is 10.00. The predicted molar refractivity (Wildman–Crippen MR) is 93.1 cm³/mol. The second-order valence-corrected chi connectivity index (χ2v) is 8.22. The summed E-state index contributed by atoms with van der Waals surface area (Å²) in [5.41, 5.74) is 0.642. The summed E-state index contributed by atoms with van der Waals surface area (Å²) >= 11 is 0. The van der Waals surface area contributed by atoms with Gasteiger partial charge in [-0.15, -0.1) is 0 Å². The van der Waals surface area contributed by atoms with E-state index in [2.05, 4.69) is 4.72 Å². The number of rotatable bonds is 3. The molecule has 1 amide bonds. The Labute approximate surface area is 153 Å². The first-order valence-corrected chi connectivity index (χ1v) is 9.80. The van der Waals surface area contributed by atoms with Crippen molar-refractivity contribution in [3.63, 3.8) is 0 Å². The number of hydrogen-bond donors (Lipinski definition) is 1. The van der Waals surface area contributed by atoms with Crippen LogP contribution in [-0.2, 0) is 33.8 Å². The van der Waals surface area contributed by atoms with Crippen LogP contribution in [0.25, 0.3) is 0 Å². The Morgan fingerprint density at radius 2 is 1.67 bits per heavy atom. The van der Waals surface area contributed by atoms with Crippen molar-refractivity contribution in [3.05, 3.63) is 53.1 Å². The van der Waals surface area contributed by atoms with E-state index < -0.39 is 27.5 Å². The molecule has 1 N–H and O–H groups in total. The van der Waals surface area contributed by atoms with Crippen molar-refractivity contribution in [1.29, 1.82) is 0 Å². The van der Waals surface area contributed by atoms with E-state index in [0.29, 0.717) is 25.8 Å². The van der Waals surface area contributed by atoms with Gasteiger partial charge >= 0.3 is 6.18 Å². The van der Waals surface area contributed by atoms with E-state index in [1.54, 1.807) is 4.90 Å². The summed E-state index contributed by atoms with van der Waals surface area (Å²) in [6.45, 7) is 0.495. The number of anilines is 2. The third-order valence-electron chi connectivity index (χ3n) is 4.81. The third-order valence-corrected chi connectivity index (χ3v) is 6.16. The van der Waals surface area contributed by atoms with Crippen molar-refractivity contribution in [2.75, 3.05) is 16.2 Å². The Balaban J connectivity index is 1.74. The molecule has 2 heterocycles. The van der Waals surface area contributed by atoms with Crippen molar-refractivity contribution < 1.29 is 26.4 Å². The van der Waals surface area contributed by atoms with Crippen molar-refractivity contribution >= 4 is 27.3 Å². The number of amides is 1. The van der Waals surface area contributed by atoms with Crippen LogP contribution < -0.4 is 9.62 Å². The lowest BCUT2D eigenvalue weighted by Crippen LogP contribution is -2.33. The largest absolute Gasteiger partial charge is 0.418 e. The first kappa shape index (κ1) is 17.8. The topological polar surface area (TPSA) is 66.5 Å². The standard InChI is InChI=1S/C18H15F3N2O3S/c19-18(20,21)14-3-1-2-4-15(14)22-27(25,26)13-9-11-5-6-16(24)23-8-7-12(10-13)17(11)23/h1-4,9-10,22H,5-8H2. The van der Waals surface area contributed by atoms with E-state index in [-0.39, 0.29) is 10.8 Å². The molecule has 5 nitrogen and oxygen atoms in total. The van der Waals surface area contributed by atoms with Gasteiger partial charge in [-0.25, -0.2) is 8.42 Å². The quantitative estimate of drug-likeness (QED) is 0.865. The van der Waals surface area contributed by atoms with Gasteiger partial charge in [0.25, 0.3) is 10.0 Å². The number of alkyl halides is 3. The molecule has 9 heteroatoms. The van der Waals surface area contributed by atoms with Crippen molar-refractivity contribution in [1.82, 2.24) is 0 Å². The number of carbonyl (C=O) groups is 1. The van der Waals surface area contributed by atoms with Gasteiger partial charge in [0.2, 0.25) is 5.91 Å². The maximum absolute atomic E-state index is 13.1. The third kappa shape index (κ3) is 3.05. The van der Waals surface area contributed by atoms with Crippen LogP contribution in [0, 0.1) is 0 Å². The van der Waals surface area contributed by atoms with E-state index in [4.69, 9.17) is 0 Å². The Morgan fingerprint density at radius 1 is 1.00 bits per heavy atom. The fraction of sp³-hybridized carbons (Fsp3) is 0.278. The number of benzene rings is 2. The van der Waals surface area contributed by atoms with Gasteiger partial charge < -0.3 is 4.90 Å². The smallest absolute Gasteiger partial charge is 0.312 e. The predicted octanol–water partition coefficient (Wildman–Crippen LogP) is 3.34. The van der Waals surface area contributed by atoms with Crippen LogP contribution >= 0.6 is 0 Å². The van der Waals surface area contributed by atoms with Gasteiger partial charge in [0, 0.05) is 13.0 Å². The van der Waals surface area contributed by atoms with Crippen molar-refractivity contribution in [2.24, 2.45) is 0 Å². The molecule has 2 aromatic rings. The summed E-state index contributed by atoms with van der Waals surface area (Å²) in [5, 5.41) is 0. The van der Waals surface area contributed by atoms with Crippen molar-refractivity contribution in [2.45, 2.75) is 30.3 Å². The molecule has 2 aliphatic rings. The van der Waals surface area contributed by atoms with Crippen LogP contribution in [0.5, 0.6) is 0 Å². The normalized spacial score (nSPS) is 16.4. The van der Waals surface area contributed by atoms with E-state index in [1.165, 1.54) is 24.3 Å². The maximum atomic E-state index is 13.1. The Hall–Kier alpha value is -2.55. The highest BCUT2D eigenvalue weighted by Gasteiger charge is 2.36. The SMILES string of the molecule is O=C1CCc2cc(S(=O)(=O)Nc3ccccc3C(F)(F)F)cc3c2N1CC3. The molecule has 4 rings (SSSR count). The number of aryl methyl sites for hydroxylation is 1. The lowest BCUT2D eigenvalue weighted by molar-refractivity contribution is -0.136. The first-order chi connectivity index (χ1) is 12.7. The van der Waals surface area contributed by atoms with E-state index in [1.807, 2.05) is 0 Å². The summed E-state index contributed by atoms with van der Waals surface area (Å²) in [4.78, 5) is 13.5. The Morgan fingerprint density at radius 3 is 2.37 bits per heavy atom. The highest BCUT2D eigenvalue weighted by atomic mass is 32.2. The van der Waals surface area contributed by atoms with Crippen LogP contribution in [-0.4, -0.2) is 20.9 Å². The zero-order chi connectivity index (χ0) is 19.4. The number of nitrogens with zero attached hydrogens (tertiary/aromatic N) is 1. The monoisotopic (exact) mass is 396 g/mol. The average Bonchev–Trinajstić information content (AvgIpc) is 3.03. The molecule has 0 aliphatic carbocycles. The molecule has 0 atom stereocenters. The fourth-order valence-electron chi connectivity index (χ4n) is 3.60. The van der Waals surface area contributed by atoms with Gasteiger partial charge in [0.15, 0.2) is 0 Å². The summed E-state index contributed by atoms with van der Waals surface area (Å²) in [7, 11) is -4.21. The van der Waals surface area contributed by atoms with Crippen LogP contribution in [0.2, 0.25) is 0 Å². The molecule has 0 bridgehead atoms. The Bertz CT molecular complexity index is 1050. The van der Waals surface area contributed by atoms with E-state index in [0.717, 1.165) is 28.9 Å². The number of halogens is 3. The first-order valence-electron chi connectivity index (χ1n) is 8.32. The second kappa shape index (κ2) is 5.98. The van der Waals surface area contributed by atoms with Gasteiger partial charge in [-0.05, 0) is 48.2 Å². The Kier molecular flexibility index (Phi) is 3.95. The minimum atomic E-state index is -4.68. The number of sulfonamides is 1. The molecule has 142 valence electrons. The summed E-state index contributed by atoms with van der Waals surface area (Å²) in [5.74, 6) is 0.00841. The van der Waals surface area contributed by atoms with Gasteiger partial charge in [-0.3, -0.25) is 9.52 Å². The molecule has 2 aliphatic heterocycles. The molecular formula is C18H15F3N2O3S. The fourth-order valence-corrected chi connectivity index (χ4v) is 4.78. The molecule has 0 aromatic heterocycles. The molecule has 27 heavy (non-hydrogen) atoms.